The summed E-state index contributed by atoms with van der Waals surface area (Å²) in [5.41, 5.74) is 1.57. The summed E-state index contributed by atoms with van der Waals surface area (Å²) in [6, 6.07) is 5.29. The first-order valence-corrected chi connectivity index (χ1v) is 8.66. The van der Waals surface area contributed by atoms with Crippen LogP contribution < -0.4 is 0 Å². The average Bonchev–Trinajstić information content (AvgIpc) is 3.12. The first kappa shape index (κ1) is 17.4. The molecule has 0 bridgehead atoms. The summed E-state index contributed by atoms with van der Waals surface area (Å²) >= 11 is 1.63. The van der Waals surface area contributed by atoms with Crippen LogP contribution in [0.4, 0.5) is 4.79 Å². The van der Waals surface area contributed by atoms with Crippen LogP contribution in [-0.2, 0) is 20.6 Å². The van der Waals surface area contributed by atoms with E-state index in [0.29, 0.717) is 18.7 Å². The molecule has 0 saturated heterocycles. The van der Waals surface area contributed by atoms with Gasteiger partial charge in [-0.15, -0.1) is 11.3 Å². The Labute approximate surface area is 149 Å². The van der Waals surface area contributed by atoms with Crippen LogP contribution in [0.3, 0.4) is 0 Å². The smallest absolute Gasteiger partial charge is 0.412 e. The maximum absolute atomic E-state index is 12.0. The van der Waals surface area contributed by atoms with Crippen molar-refractivity contribution in [2.24, 2.45) is 0 Å². The number of aromatic nitrogens is 1. The van der Waals surface area contributed by atoms with Crippen molar-refractivity contribution in [1.29, 1.82) is 0 Å². The molecule has 1 amide bonds. The average molecular weight is 362 g/mol. The number of nitrogens with zero attached hydrogens (tertiary/aromatic N) is 2. The van der Waals surface area contributed by atoms with Crippen LogP contribution in [0, 0.1) is 0 Å². The molecule has 3 rings (SSSR count). The van der Waals surface area contributed by atoms with Crippen molar-refractivity contribution in [3.63, 3.8) is 0 Å². The van der Waals surface area contributed by atoms with Gasteiger partial charge in [-0.05, 0) is 35.6 Å². The number of carbonyl (C=O) groups excluding carboxylic acids is 2. The molecule has 8 heteroatoms. The van der Waals surface area contributed by atoms with E-state index in [-0.39, 0.29) is 6.10 Å². The van der Waals surface area contributed by atoms with E-state index in [4.69, 9.17) is 14.2 Å². The van der Waals surface area contributed by atoms with Crippen LogP contribution in [-0.4, -0.2) is 48.9 Å². The fraction of sp³-hybridized carbons (Fsp3) is 0.353. The Morgan fingerprint density at radius 2 is 2.28 bits per heavy atom. The second-order valence-electron chi connectivity index (χ2n) is 5.50. The van der Waals surface area contributed by atoms with Gasteiger partial charge in [0.25, 0.3) is 0 Å². The van der Waals surface area contributed by atoms with Gasteiger partial charge in [-0.2, -0.15) is 0 Å². The summed E-state index contributed by atoms with van der Waals surface area (Å²) in [5.74, 6) is -0.595. The van der Waals surface area contributed by atoms with E-state index in [1.54, 1.807) is 36.7 Å². The largest absolute Gasteiger partial charge is 0.424 e. The number of pyridine rings is 1. The highest BCUT2D eigenvalue weighted by Gasteiger charge is 2.25. The number of hydrogen-bond donors (Lipinski definition) is 0. The SMILES string of the molecule is CN(C[C@@H]1OCCc2ccsc21)C(=O)OCOC(=O)c1cccnc1. The fourth-order valence-corrected chi connectivity index (χ4v) is 3.49. The Morgan fingerprint density at radius 3 is 3.08 bits per heavy atom. The summed E-state index contributed by atoms with van der Waals surface area (Å²) < 4.78 is 15.6. The number of esters is 1. The normalized spacial score (nSPS) is 16.0. The summed E-state index contributed by atoms with van der Waals surface area (Å²) in [4.78, 5) is 30.2. The van der Waals surface area contributed by atoms with Crippen LogP contribution >= 0.6 is 11.3 Å². The second kappa shape index (κ2) is 8.09. The number of ether oxygens (including phenoxy) is 3. The lowest BCUT2D eigenvalue weighted by atomic mass is 10.1. The van der Waals surface area contributed by atoms with Gasteiger partial charge in [0.2, 0.25) is 6.79 Å². The molecule has 25 heavy (non-hydrogen) atoms. The van der Waals surface area contributed by atoms with Crippen LogP contribution in [0.15, 0.2) is 36.0 Å². The van der Waals surface area contributed by atoms with Gasteiger partial charge < -0.3 is 19.1 Å². The molecule has 2 aromatic heterocycles. The van der Waals surface area contributed by atoms with E-state index < -0.39 is 18.9 Å². The highest BCUT2D eigenvalue weighted by molar-refractivity contribution is 7.10. The molecular weight excluding hydrogens is 344 g/mol. The van der Waals surface area contributed by atoms with Crippen molar-refractivity contribution in [2.45, 2.75) is 12.5 Å². The van der Waals surface area contributed by atoms with Gasteiger partial charge in [-0.25, -0.2) is 9.59 Å². The van der Waals surface area contributed by atoms with Crippen LogP contribution in [0.2, 0.25) is 0 Å². The number of thiophene rings is 1. The number of rotatable bonds is 5. The molecule has 3 heterocycles. The van der Waals surface area contributed by atoms with E-state index in [1.807, 2.05) is 5.38 Å². The Balaban J connectivity index is 1.45. The van der Waals surface area contributed by atoms with Crippen molar-refractivity contribution in [1.82, 2.24) is 9.88 Å². The van der Waals surface area contributed by atoms with Crippen molar-refractivity contribution in [3.8, 4) is 0 Å². The zero-order valence-electron chi connectivity index (χ0n) is 13.7. The standard InChI is InChI=1S/C17H18N2O5S/c1-19(10-14-15-12(4-7-22-14)5-8-25-15)17(21)24-11-23-16(20)13-3-2-6-18-9-13/h2-3,5-6,8-9,14H,4,7,10-11H2,1H3/t14-/m0/s1. The predicted octanol–water partition coefficient (Wildman–Crippen LogP) is 2.64. The molecule has 0 unspecified atom stereocenters. The monoisotopic (exact) mass is 362 g/mol. The number of likely N-dealkylation sites (N-methyl/N-ethyl adjacent to an activating group) is 1. The molecule has 1 atom stereocenters. The van der Waals surface area contributed by atoms with Gasteiger partial charge in [0.1, 0.15) is 6.10 Å². The molecule has 0 saturated carbocycles. The molecular formula is C17H18N2O5S. The van der Waals surface area contributed by atoms with E-state index >= 15 is 0 Å². The van der Waals surface area contributed by atoms with Crippen LogP contribution in [0.5, 0.6) is 0 Å². The first-order valence-electron chi connectivity index (χ1n) is 7.78. The van der Waals surface area contributed by atoms with Gasteiger partial charge >= 0.3 is 12.1 Å². The van der Waals surface area contributed by atoms with Gasteiger partial charge in [-0.1, -0.05) is 0 Å². The maximum Gasteiger partial charge on any atom is 0.412 e. The molecule has 0 radical (unpaired) electrons. The third-order valence-corrected chi connectivity index (χ3v) is 4.84. The topological polar surface area (TPSA) is 78.0 Å². The fourth-order valence-electron chi connectivity index (χ4n) is 2.49. The molecule has 0 aliphatic carbocycles. The van der Waals surface area contributed by atoms with Crippen LogP contribution in [0.1, 0.15) is 26.9 Å². The van der Waals surface area contributed by atoms with Gasteiger partial charge in [0.05, 0.1) is 18.7 Å². The Bertz CT molecular complexity index is 734. The van der Waals surface area contributed by atoms with Gasteiger partial charge in [-0.3, -0.25) is 4.98 Å². The minimum absolute atomic E-state index is 0.153. The van der Waals surface area contributed by atoms with Crippen molar-refractivity contribution < 1.29 is 23.8 Å². The molecule has 0 aromatic carbocycles. The van der Waals surface area contributed by atoms with E-state index in [1.165, 1.54) is 16.7 Å². The minimum Gasteiger partial charge on any atom is -0.424 e. The number of hydrogen-bond acceptors (Lipinski definition) is 7. The predicted molar refractivity (Wildman–Crippen MR) is 90.3 cm³/mol. The van der Waals surface area contributed by atoms with Crippen molar-refractivity contribution in [3.05, 3.63) is 52.0 Å². The Hall–Kier alpha value is -2.45. The van der Waals surface area contributed by atoms with E-state index in [9.17, 15) is 9.59 Å². The molecule has 132 valence electrons. The molecule has 0 fully saturated rings. The second-order valence-corrected chi connectivity index (χ2v) is 6.45. The highest BCUT2D eigenvalue weighted by atomic mass is 32.1. The maximum atomic E-state index is 12.0. The molecule has 1 aliphatic heterocycles. The Kier molecular flexibility index (Phi) is 5.62. The quantitative estimate of drug-likeness (QED) is 0.601. The Morgan fingerprint density at radius 1 is 1.40 bits per heavy atom. The number of carbonyl (C=O) groups is 2. The van der Waals surface area contributed by atoms with E-state index in [0.717, 1.165) is 11.3 Å². The third-order valence-electron chi connectivity index (χ3n) is 3.78. The van der Waals surface area contributed by atoms with Gasteiger partial charge in [0, 0.05) is 24.3 Å². The van der Waals surface area contributed by atoms with Crippen molar-refractivity contribution >= 4 is 23.4 Å². The zero-order chi connectivity index (χ0) is 17.6. The molecule has 7 nitrogen and oxygen atoms in total. The minimum atomic E-state index is -0.595. The summed E-state index contributed by atoms with van der Waals surface area (Å²) in [5, 5.41) is 2.03. The lowest BCUT2D eigenvalue weighted by molar-refractivity contribution is -0.0189. The van der Waals surface area contributed by atoms with Crippen LogP contribution in [0.25, 0.3) is 0 Å². The molecule has 0 N–H and O–H groups in total. The third kappa shape index (κ3) is 4.34. The summed E-state index contributed by atoms with van der Waals surface area (Å²) in [6.45, 7) is 0.565. The lowest BCUT2D eigenvalue weighted by Crippen LogP contribution is -2.34. The molecule has 0 spiro atoms. The molecule has 1 aliphatic rings. The number of fused-ring (bicyclic) bond motifs is 1. The molecule has 2 aromatic rings. The van der Waals surface area contributed by atoms with Crippen molar-refractivity contribution in [2.75, 3.05) is 27.0 Å². The zero-order valence-corrected chi connectivity index (χ0v) is 14.5. The highest BCUT2D eigenvalue weighted by Crippen LogP contribution is 2.32. The number of amides is 1. The first-order chi connectivity index (χ1) is 12.1. The summed E-state index contributed by atoms with van der Waals surface area (Å²) in [6.07, 6.45) is 3.10. The van der Waals surface area contributed by atoms with E-state index in [2.05, 4.69) is 11.1 Å². The summed E-state index contributed by atoms with van der Waals surface area (Å²) in [7, 11) is 1.62. The lowest BCUT2D eigenvalue weighted by Gasteiger charge is -2.27. The van der Waals surface area contributed by atoms with Gasteiger partial charge in [0.15, 0.2) is 0 Å².